The van der Waals surface area contributed by atoms with Crippen LogP contribution < -0.4 is 5.32 Å². The molecule has 3 unspecified atom stereocenters. The summed E-state index contributed by atoms with van der Waals surface area (Å²) in [5, 5.41) is 12.2. The van der Waals surface area contributed by atoms with Crippen molar-refractivity contribution in [3.8, 4) is 0 Å². The number of nitrogens with zero attached hydrogens (tertiary/aromatic N) is 1. The van der Waals surface area contributed by atoms with Crippen molar-refractivity contribution >= 4 is 5.91 Å². The smallest absolute Gasteiger partial charge is 0.237 e. The van der Waals surface area contributed by atoms with Crippen LogP contribution in [0.1, 0.15) is 40.5 Å². The molecular weight excluding hydrogens is 204 g/mol. The Morgan fingerprint density at radius 3 is 2.38 bits per heavy atom. The van der Waals surface area contributed by atoms with E-state index in [0.717, 1.165) is 12.8 Å². The van der Waals surface area contributed by atoms with E-state index in [0.29, 0.717) is 6.54 Å². The molecule has 0 saturated carbocycles. The average molecular weight is 230 g/mol. The monoisotopic (exact) mass is 230 g/mol. The number of hydrogen-bond acceptors (Lipinski definition) is 3. The second-order valence-electron chi connectivity index (χ2n) is 4.66. The quantitative estimate of drug-likeness (QED) is 0.686. The van der Waals surface area contributed by atoms with Crippen LogP contribution in [0.3, 0.4) is 0 Å². The summed E-state index contributed by atoms with van der Waals surface area (Å²) in [5.74, 6) is 0.0316. The standard InChI is InChI=1S/C12H26N2O2/c1-6-7-9(2)13-12(16)11(4)14(5)8-10(3)15/h9-11,15H,6-8H2,1-5H3,(H,13,16). The summed E-state index contributed by atoms with van der Waals surface area (Å²) in [6.07, 6.45) is 1.66. The van der Waals surface area contributed by atoms with Crippen LogP contribution >= 0.6 is 0 Å². The summed E-state index contributed by atoms with van der Waals surface area (Å²) in [4.78, 5) is 13.7. The van der Waals surface area contributed by atoms with Gasteiger partial charge in [-0.05, 0) is 34.2 Å². The van der Waals surface area contributed by atoms with Crippen LogP contribution in [0.25, 0.3) is 0 Å². The Bertz CT molecular complexity index is 207. The van der Waals surface area contributed by atoms with Crippen LogP contribution in [-0.2, 0) is 4.79 Å². The molecule has 16 heavy (non-hydrogen) atoms. The number of carbonyl (C=O) groups is 1. The van der Waals surface area contributed by atoms with Crippen molar-refractivity contribution in [2.24, 2.45) is 0 Å². The Kier molecular flexibility index (Phi) is 7.34. The van der Waals surface area contributed by atoms with Crippen molar-refractivity contribution in [2.75, 3.05) is 13.6 Å². The van der Waals surface area contributed by atoms with Crippen LogP contribution in [0.5, 0.6) is 0 Å². The van der Waals surface area contributed by atoms with E-state index < -0.39 is 6.10 Å². The molecule has 0 heterocycles. The minimum atomic E-state index is -0.409. The lowest BCUT2D eigenvalue weighted by molar-refractivity contribution is -0.126. The fourth-order valence-corrected chi connectivity index (χ4v) is 1.64. The summed E-state index contributed by atoms with van der Waals surface area (Å²) in [6, 6.07) is 0.0220. The first-order valence-corrected chi connectivity index (χ1v) is 6.07. The van der Waals surface area contributed by atoms with E-state index >= 15 is 0 Å². The van der Waals surface area contributed by atoms with Crippen LogP contribution in [0, 0.1) is 0 Å². The first-order chi connectivity index (χ1) is 7.38. The lowest BCUT2D eigenvalue weighted by Gasteiger charge is -2.26. The summed E-state index contributed by atoms with van der Waals surface area (Å²) in [7, 11) is 1.85. The molecule has 96 valence electrons. The van der Waals surface area contributed by atoms with Crippen molar-refractivity contribution in [2.45, 2.75) is 58.7 Å². The normalized spacial score (nSPS) is 16.9. The van der Waals surface area contributed by atoms with Crippen LogP contribution in [0.15, 0.2) is 0 Å². The highest BCUT2D eigenvalue weighted by Gasteiger charge is 2.19. The lowest BCUT2D eigenvalue weighted by atomic mass is 10.1. The van der Waals surface area contributed by atoms with E-state index in [-0.39, 0.29) is 18.0 Å². The maximum Gasteiger partial charge on any atom is 0.237 e. The third-order valence-electron chi connectivity index (χ3n) is 2.70. The molecule has 0 aliphatic rings. The molecule has 0 aliphatic heterocycles. The number of aliphatic hydroxyl groups excluding tert-OH is 1. The number of carbonyl (C=O) groups excluding carboxylic acids is 1. The molecule has 0 radical (unpaired) electrons. The van der Waals surface area contributed by atoms with E-state index in [2.05, 4.69) is 12.2 Å². The van der Waals surface area contributed by atoms with E-state index in [1.807, 2.05) is 25.8 Å². The summed E-state index contributed by atoms with van der Waals surface area (Å²) >= 11 is 0. The fraction of sp³-hybridized carbons (Fsp3) is 0.917. The van der Waals surface area contributed by atoms with Gasteiger partial charge in [-0.25, -0.2) is 0 Å². The Morgan fingerprint density at radius 1 is 1.38 bits per heavy atom. The molecule has 0 rings (SSSR count). The molecule has 0 aromatic rings. The van der Waals surface area contributed by atoms with E-state index in [1.54, 1.807) is 6.92 Å². The van der Waals surface area contributed by atoms with Gasteiger partial charge >= 0.3 is 0 Å². The number of hydrogen-bond donors (Lipinski definition) is 2. The van der Waals surface area contributed by atoms with Gasteiger partial charge in [0.15, 0.2) is 0 Å². The molecule has 0 aromatic heterocycles. The molecule has 2 N–H and O–H groups in total. The molecule has 3 atom stereocenters. The second-order valence-corrected chi connectivity index (χ2v) is 4.66. The Balaban J connectivity index is 4.06. The topological polar surface area (TPSA) is 52.6 Å². The van der Waals surface area contributed by atoms with Gasteiger partial charge in [0.05, 0.1) is 12.1 Å². The number of amides is 1. The maximum absolute atomic E-state index is 11.8. The molecule has 4 nitrogen and oxygen atoms in total. The predicted molar refractivity (Wildman–Crippen MR) is 66.3 cm³/mol. The van der Waals surface area contributed by atoms with Crippen molar-refractivity contribution in [1.82, 2.24) is 10.2 Å². The molecule has 0 aromatic carbocycles. The zero-order valence-electron chi connectivity index (χ0n) is 11.2. The summed E-state index contributed by atoms with van der Waals surface area (Å²) < 4.78 is 0. The minimum absolute atomic E-state index is 0.0316. The van der Waals surface area contributed by atoms with Gasteiger partial charge in [0.25, 0.3) is 0 Å². The maximum atomic E-state index is 11.8. The third-order valence-corrected chi connectivity index (χ3v) is 2.70. The molecule has 0 fully saturated rings. The largest absolute Gasteiger partial charge is 0.392 e. The van der Waals surface area contributed by atoms with E-state index in [4.69, 9.17) is 0 Å². The van der Waals surface area contributed by atoms with Gasteiger partial charge < -0.3 is 10.4 Å². The van der Waals surface area contributed by atoms with Gasteiger partial charge in [0.2, 0.25) is 5.91 Å². The van der Waals surface area contributed by atoms with E-state index in [1.165, 1.54) is 0 Å². The molecule has 1 amide bonds. The number of likely N-dealkylation sites (N-methyl/N-ethyl adjacent to an activating group) is 1. The summed E-state index contributed by atoms with van der Waals surface area (Å²) in [5.41, 5.74) is 0. The Labute approximate surface area is 99.0 Å². The molecule has 4 heteroatoms. The molecule has 0 spiro atoms. The van der Waals surface area contributed by atoms with Crippen LogP contribution in [0.2, 0.25) is 0 Å². The fourth-order valence-electron chi connectivity index (χ4n) is 1.64. The lowest BCUT2D eigenvalue weighted by Crippen LogP contribution is -2.47. The zero-order valence-corrected chi connectivity index (χ0v) is 11.2. The Morgan fingerprint density at radius 2 is 1.94 bits per heavy atom. The second kappa shape index (κ2) is 7.63. The van der Waals surface area contributed by atoms with Gasteiger partial charge in [-0.1, -0.05) is 13.3 Å². The van der Waals surface area contributed by atoms with Crippen LogP contribution in [-0.4, -0.2) is 47.7 Å². The molecular formula is C12H26N2O2. The molecule has 0 bridgehead atoms. The van der Waals surface area contributed by atoms with Crippen molar-refractivity contribution in [1.29, 1.82) is 0 Å². The minimum Gasteiger partial charge on any atom is -0.392 e. The van der Waals surface area contributed by atoms with Crippen molar-refractivity contribution < 1.29 is 9.90 Å². The first-order valence-electron chi connectivity index (χ1n) is 6.07. The van der Waals surface area contributed by atoms with Crippen LogP contribution in [0.4, 0.5) is 0 Å². The van der Waals surface area contributed by atoms with E-state index in [9.17, 15) is 9.90 Å². The number of aliphatic hydroxyl groups is 1. The van der Waals surface area contributed by atoms with Crippen molar-refractivity contribution in [3.63, 3.8) is 0 Å². The highest BCUT2D eigenvalue weighted by atomic mass is 16.3. The average Bonchev–Trinajstić information content (AvgIpc) is 2.15. The zero-order chi connectivity index (χ0) is 12.7. The third kappa shape index (κ3) is 6.08. The van der Waals surface area contributed by atoms with Gasteiger partial charge in [-0.3, -0.25) is 9.69 Å². The Hall–Kier alpha value is -0.610. The highest BCUT2D eigenvalue weighted by molar-refractivity contribution is 5.81. The van der Waals surface area contributed by atoms with Gasteiger partial charge in [0, 0.05) is 12.6 Å². The highest BCUT2D eigenvalue weighted by Crippen LogP contribution is 2.00. The van der Waals surface area contributed by atoms with Crippen molar-refractivity contribution in [3.05, 3.63) is 0 Å². The predicted octanol–water partition coefficient (Wildman–Crippen LogP) is 0.992. The SMILES string of the molecule is CCCC(C)NC(=O)C(C)N(C)CC(C)O. The molecule has 0 aliphatic carbocycles. The van der Waals surface area contributed by atoms with Gasteiger partial charge in [0.1, 0.15) is 0 Å². The molecule has 0 saturated heterocycles. The summed E-state index contributed by atoms with van der Waals surface area (Å²) in [6.45, 7) is 8.21. The van der Waals surface area contributed by atoms with Gasteiger partial charge in [-0.2, -0.15) is 0 Å². The number of nitrogens with one attached hydrogen (secondary N) is 1. The van der Waals surface area contributed by atoms with Gasteiger partial charge in [-0.15, -0.1) is 0 Å². The number of rotatable bonds is 7. The first kappa shape index (κ1) is 15.4.